The smallest absolute Gasteiger partial charge is 0.305 e. The summed E-state index contributed by atoms with van der Waals surface area (Å²) in [6, 6.07) is 0. The summed E-state index contributed by atoms with van der Waals surface area (Å²) < 4.78 is 11.5. The molecule has 7 heteroatoms. The lowest BCUT2D eigenvalue weighted by atomic mass is 9.79. The molecule has 0 bridgehead atoms. The molecule has 42 heavy (non-hydrogen) atoms. The SMILES string of the molecule is CCCCCCCCCCCC(=O)OCCOC1CCC(C2NC(C3CCCCC3)NC(C3CCCCC3)N2)C(O)C1. The van der Waals surface area contributed by atoms with Gasteiger partial charge in [-0.3, -0.25) is 20.7 Å². The molecule has 5 unspecified atom stereocenters. The Bertz CT molecular complexity index is 701. The molecule has 0 spiro atoms. The molecule has 4 N–H and O–H groups in total. The van der Waals surface area contributed by atoms with E-state index in [1.807, 2.05) is 0 Å². The lowest BCUT2D eigenvalue weighted by Crippen LogP contribution is -2.73. The van der Waals surface area contributed by atoms with Crippen LogP contribution in [0.3, 0.4) is 0 Å². The number of carbonyl (C=O) groups is 1. The Kier molecular flexibility index (Phi) is 15.9. The van der Waals surface area contributed by atoms with Gasteiger partial charge in [0, 0.05) is 12.3 Å². The molecule has 3 aliphatic carbocycles. The molecule has 4 fully saturated rings. The van der Waals surface area contributed by atoms with Gasteiger partial charge in [-0.15, -0.1) is 0 Å². The van der Waals surface area contributed by atoms with Crippen LogP contribution < -0.4 is 16.0 Å². The molecule has 5 atom stereocenters. The number of nitrogens with one attached hydrogen (secondary N) is 3. The molecule has 4 rings (SSSR count). The van der Waals surface area contributed by atoms with Gasteiger partial charge in [0.15, 0.2) is 0 Å². The number of unbranched alkanes of at least 4 members (excludes halogenated alkanes) is 8. The van der Waals surface area contributed by atoms with Crippen molar-refractivity contribution in [1.82, 2.24) is 16.0 Å². The van der Waals surface area contributed by atoms with Gasteiger partial charge in [0.05, 0.1) is 37.3 Å². The maximum absolute atomic E-state index is 12.1. The molecule has 244 valence electrons. The first-order valence-corrected chi connectivity index (χ1v) is 18.4. The Hall–Kier alpha value is -0.730. The molecule has 7 nitrogen and oxygen atoms in total. The maximum atomic E-state index is 12.1. The summed E-state index contributed by atoms with van der Waals surface area (Å²) in [5.41, 5.74) is 0. The minimum Gasteiger partial charge on any atom is -0.463 e. The van der Waals surface area contributed by atoms with E-state index in [9.17, 15) is 9.90 Å². The van der Waals surface area contributed by atoms with Gasteiger partial charge < -0.3 is 14.6 Å². The molecule has 0 radical (unpaired) electrons. The van der Waals surface area contributed by atoms with Gasteiger partial charge in [0.25, 0.3) is 0 Å². The molecule has 0 aromatic heterocycles. The van der Waals surface area contributed by atoms with Crippen LogP contribution in [0.25, 0.3) is 0 Å². The van der Waals surface area contributed by atoms with Crippen LogP contribution in [0.5, 0.6) is 0 Å². The molecule has 4 aliphatic rings. The third-order valence-corrected chi connectivity index (χ3v) is 10.8. The topological polar surface area (TPSA) is 91.9 Å². The predicted molar refractivity (Wildman–Crippen MR) is 170 cm³/mol. The van der Waals surface area contributed by atoms with Crippen LogP contribution in [0.2, 0.25) is 0 Å². The highest BCUT2D eigenvalue weighted by atomic mass is 16.6. The zero-order valence-electron chi connectivity index (χ0n) is 27.0. The minimum absolute atomic E-state index is 0.0391. The highest BCUT2D eigenvalue weighted by molar-refractivity contribution is 5.69. The zero-order valence-corrected chi connectivity index (χ0v) is 27.0. The van der Waals surface area contributed by atoms with Crippen molar-refractivity contribution in [3.8, 4) is 0 Å². The number of aliphatic hydroxyl groups is 1. The lowest BCUT2D eigenvalue weighted by Gasteiger charge is -2.50. The van der Waals surface area contributed by atoms with E-state index in [1.54, 1.807) is 0 Å². The maximum Gasteiger partial charge on any atom is 0.305 e. The summed E-state index contributed by atoms with van der Waals surface area (Å²) >= 11 is 0. The highest BCUT2D eigenvalue weighted by Gasteiger charge is 2.42. The third kappa shape index (κ3) is 11.6. The predicted octanol–water partition coefficient (Wildman–Crippen LogP) is 6.92. The number of esters is 1. The first kappa shape index (κ1) is 34.1. The number of aliphatic hydroxyl groups excluding tert-OH is 1. The van der Waals surface area contributed by atoms with Crippen molar-refractivity contribution in [1.29, 1.82) is 0 Å². The second-order valence-electron chi connectivity index (χ2n) is 14.1. The minimum atomic E-state index is -0.389. The quantitative estimate of drug-likeness (QED) is 0.108. The summed E-state index contributed by atoms with van der Waals surface area (Å²) in [6.45, 7) is 2.99. The van der Waals surface area contributed by atoms with E-state index >= 15 is 0 Å². The fourth-order valence-electron chi connectivity index (χ4n) is 8.15. The standard InChI is InChI=1S/C35H65N3O4/c1-2-3-4-5-6-7-8-9-16-21-32(40)42-25-24-41-29-22-23-30(31(39)26-29)35-37-33(27-17-12-10-13-18-27)36-34(38-35)28-19-14-11-15-20-28/h27-31,33-39H,2-26H2,1H3. The van der Waals surface area contributed by atoms with Crippen LogP contribution in [0.1, 0.15) is 155 Å². The van der Waals surface area contributed by atoms with Crippen molar-refractivity contribution in [2.24, 2.45) is 17.8 Å². The number of rotatable bonds is 17. The van der Waals surface area contributed by atoms with Crippen molar-refractivity contribution >= 4 is 5.97 Å². The summed E-state index contributed by atoms with van der Waals surface area (Å²) in [6.07, 6.45) is 28.1. The zero-order chi connectivity index (χ0) is 29.4. The Balaban J connectivity index is 1.11. The van der Waals surface area contributed by atoms with Gasteiger partial charge in [-0.2, -0.15) is 0 Å². The largest absolute Gasteiger partial charge is 0.463 e. The van der Waals surface area contributed by atoms with Gasteiger partial charge in [0.2, 0.25) is 0 Å². The Morgan fingerprint density at radius 3 is 1.79 bits per heavy atom. The van der Waals surface area contributed by atoms with E-state index in [2.05, 4.69) is 22.9 Å². The molecular formula is C35H65N3O4. The van der Waals surface area contributed by atoms with E-state index in [0.29, 0.717) is 50.2 Å². The Labute approximate surface area is 257 Å². The van der Waals surface area contributed by atoms with Crippen molar-refractivity contribution in [3.63, 3.8) is 0 Å². The van der Waals surface area contributed by atoms with Gasteiger partial charge in [-0.05, 0) is 63.2 Å². The summed E-state index contributed by atoms with van der Waals surface area (Å²) in [5.74, 6) is 1.47. The number of carbonyl (C=O) groups excluding carboxylic acids is 1. The van der Waals surface area contributed by atoms with E-state index < -0.39 is 0 Å². The molecule has 0 amide bonds. The third-order valence-electron chi connectivity index (χ3n) is 10.8. The van der Waals surface area contributed by atoms with Crippen molar-refractivity contribution in [2.75, 3.05) is 13.2 Å². The normalized spacial score (nSPS) is 31.7. The van der Waals surface area contributed by atoms with Crippen LogP contribution in [0.15, 0.2) is 0 Å². The number of hydrogen-bond acceptors (Lipinski definition) is 7. The highest BCUT2D eigenvalue weighted by Crippen LogP contribution is 2.34. The van der Waals surface area contributed by atoms with Crippen LogP contribution in [0.4, 0.5) is 0 Å². The van der Waals surface area contributed by atoms with Gasteiger partial charge in [-0.25, -0.2) is 0 Å². The molecule has 1 saturated heterocycles. The molecule has 1 heterocycles. The summed E-state index contributed by atoms with van der Waals surface area (Å²) in [5, 5.41) is 23.1. The van der Waals surface area contributed by atoms with E-state index in [4.69, 9.17) is 9.47 Å². The first-order valence-electron chi connectivity index (χ1n) is 18.4. The fourth-order valence-corrected chi connectivity index (χ4v) is 8.15. The van der Waals surface area contributed by atoms with Crippen LogP contribution >= 0.6 is 0 Å². The van der Waals surface area contributed by atoms with E-state index in [1.165, 1.54) is 109 Å². The van der Waals surface area contributed by atoms with E-state index in [0.717, 1.165) is 25.7 Å². The number of ether oxygens (including phenoxy) is 2. The van der Waals surface area contributed by atoms with Crippen molar-refractivity contribution in [2.45, 2.75) is 185 Å². The molecular weight excluding hydrogens is 526 g/mol. The van der Waals surface area contributed by atoms with Crippen LogP contribution in [-0.2, 0) is 14.3 Å². The monoisotopic (exact) mass is 591 g/mol. The van der Waals surface area contributed by atoms with Crippen molar-refractivity contribution < 1.29 is 19.4 Å². The summed E-state index contributed by atoms with van der Waals surface area (Å²) in [4.78, 5) is 12.1. The fraction of sp³-hybridized carbons (Fsp3) is 0.971. The van der Waals surface area contributed by atoms with Crippen LogP contribution in [-0.4, -0.2) is 55.0 Å². The Morgan fingerprint density at radius 2 is 1.21 bits per heavy atom. The summed E-state index contributed by atoms with van der Waals surface area (Å²) in [7, 11) is 0. The molecule has 3 saturated carbocycles. The molecule has 0 aromatic carbocycles. The van der Waals surface area contributed by atoms with Gasteiger partial charge in [-0.1, -0.05) is 96.8 Å². The lowest BCUT2D eigenvalue weighted by molar-refractivity contribution is -0.147. The second-order valence-corrected chi connectivity index (χ2v) is 14.1. The number of hydrogen-bond donors (Lipinski definition) is 4. The average molecular weight is 592 g/mol. The van der Waals surface area contributed by atoms with Crippen LogP contribution in [0, 0.1) is 17.8 Å². The van der Waals surface area contributed by atoms with Gasteiger partial charge in [0.1, 0.15) is 6.61 Å². The van der Waals surface area contributed by atoms with E-state index in [-0.39, 0.29) is 30.3 Å². The Morgan fingerprint density at radius 1 is 0.667 bits per heavy atom. The first-order chi connectivity index (χ1) is 20.6. The molecule has 1 aliphatic heterocycles. The van der Waals surface area contributed by atoms with Crippen molar-refractivity contribution in [3.05, 3.63) is 0 Å². The molecule has 0 aromatic rings. The second kappa shape index (κ2) is 19.6. The average Bonchev–Trinajstić information content (AvgIpc) is 3.03. The van der Waals surface area contributed by atoms with Gasteiger partial charge >= 0.3 is 5.97 Å².